The number of amides is 1. The minimum absolute atomic E-state index is 0.0232. The van der Waals surface area contributed by atoms with Crippen LogP contribution in [0.15, 0.2) is 48.7 Å². The summed E-state index contributed by atoms with van der Waals surface area (Å²) in [5.74, 6) is 0.533. The molecule has 1 amide bonds. The van der Waals surface area contributed by atoms with E-state index in [1.807, 2.05) is 60.0 Å². The Hall–Kier alpha value is -2.33. The van der Waals surface area contributed by atoms with Crippen molar-refractivity contribution in [1.82, 2.24) is 14.7 Å². The molecule has 2 aromatic heterocycles. The van der Waals surface area contributed by atoms with E-state index in [0.29, 0.717) is 16.5 Å². The van der Waals surface area contributed by atoms with Crippen molar-refractivity contribution >= 4 is 23.0 Å². The van der Waals surface area contributed by atoms with Gasteiger partial charge in [-0.15, -0.1) is 0 Å². The minimum Gasteiger partial charge on any atom is -0.348 e. The van der Waals surface area contributed by atoms with Gasteiger partial charge in [0.1, 0.15) is 5.82 Å². The van der Waals surface area contributed by atoms with Gasteiger partial charge in [0.05, 0.1) is 5.52 Å². The molecule has 1 atom stereocenters. The molecule has 3 aromatic rings. The molecule has 5 heteroatoms. The van der Waals surface area contributed by atoms with E-state index in [4.69, 9.17) is 11.6 Å². The van der Waals surface area contributed by atoms with Crippen LogP contribution in [0, 0.1) is 5.41 Å². The number of hydrogen-bond acceptors (Lipinski definition) is 2. The SMILES string of the molecule is CC(NC(=O)c1nc(-c2cccc(Cl)c2)n2ccccc12)C(C)(C)C. The van der Waals surface area contributed by atoms with E-state index in [1.165, 1.54) is 0 Å². The molecule has 0 spiro atoms. The van der Waals surface area contributed by atoms with Gasteiger partial charge in [-0.05, 0) is 36.6 Å². The van der Waals surface area contributed by atoms with Crippen LogP contribution in [0.2, 0.25) is 5.02 Å². The highest BCUT2D eigenvalue weighted by Crippen LogP contribution is 2.26. The first-order valence-corrected chi connectivity index (χ1v) is 8.69. The van der Waals surface area contributed by atoms with Crippen LogP contribution in [0.3, 0.4) is 0 Å². The molecular formula is C20H22ClN3O. The van der Waals surface area contributed by atoms with Crippen LogP contribution in [0.25, 0.3) is 16.9 Å². The number of carbonyl (C=O) groups is 1. The fraction of sp³-hybridized carbons (Fsp3) is 0.300. The van der Waals surface area contributed by atoms with Crippen LogP contribution < -0.4 is 5.32 Å². The third-order valence-electron chi connectivity index (χ3n) is 4.49. The summed E-state index contributed by atoms with van der Waals surface area (Å²) in [6.45, 7) is 8.30. The lowest BCUT2D eigenvalue weighted by Gasteiger charge is -2.27. The topological polar surface area (TPSA) is 46.4 Å². The summed E-state index contributed by atoms with van der Waals surface area (Å²) < 4.78 is 1.92. The van der Waals surface area contributed by atoms with Crippen molar-refractivity contribution < 1.29 is 4.79 Å². The summed E-state index contributed by atoms with van der Waals surface area (Å²) in [5, 5.41) is 3.70. The summed E-state index contributed by atoms with van der Waals surface area (Å²) in [4.78, 5) is 17.4. The third kappa shape index (κ3) is 3.54. The lowest BCUT2D eigenvalue weighted by Crippen LogP contribution is -2.41. The van der Waals surface area contributed by atoms with Crippen molar-refractivity contribution in [3.63, 3.8) is 0 Å². The highest BCUT2D eigenvalue weighted by atomic mass is 35.5. The molecule has 0 aliphatic rings. The average Bonchev–Trinajstić information content (AvgIpc) is 2.93. The molecule has 130 valence electrons. The molecule has 3 rings (SSSR count). The number of imidazole rings is 1. The van der Waals surface area contributed by atoms with Gasteiger partial charge >= 0.3 is 0 Å². The number of halogens is 1. The Morgan fingerprint density at radius 3 is 2.64 bits per heavy atom. The minimum atomic E-state index is -0.167. The Balaban J connectivity index is 2.07. The maximum absolute atomic E-state index is 12.8. The number of benzene rings is 1. The molecule has 0 fully saturated rings. The molecule has 0 saturated carbocycles. The quantitative estimate of drug-likeness (QED) is 0.732. The van der Waals surface area contributed by atoms with Gasteiger partial charge in [0.25, 0.3) is 5.91 Å². The Bertz CT molecular complexity index is 924. The van der Waals surface area contributed by atoms with E-state index < -0.39 is 0 Å². The number of fused-ring (bicyclic) bond motifs is 1. The predicted octanol–water partition coefficient (Wildman–Crippen LogP) is 4.82. The first-order valence-electron chi connectivity index (χ1n) is 8.31. The molecule has 4 nitrogen and oxygen atoms in total. The molecule has 2 heterocycles. The van der Waals surface area contributed by atoms with Crippen LogP contribution in [-0.2, 0) is 0 Å². The van der Waals surface area contributed by atoms with Crippen molar-refractivity contribution in [2.75, 3.05) is 0 Å². The van der Waals surface area contributed by atoms with Crippen LogP contribution in [-0.4, -0.2) is 21.3 Å². The number of nitrogens with one attached hydrogen (secondary N) is 1. The molecule has 0 radical (unpaired) electrons. The molecule has 0 saturated heterocycles. The van der Waals surface area contributed by atoms with Gasteiger partial charge in [0, 0.05) is 22.8 Å². The monoisotopic (exact) mass is 355 g/mol. The maximum Gasteiger partial charge on any atom is 0.272 e. The maximum atomic E-state index is 12.8. The van der Waals surface area contributed by atoms with Crippen LogP contribution >= 0.6 is 11.6 Å². The summed E-state index contributed by atoms with van der Waals surface area (Å²) in [7, 11) is 0. The average molecular weight is 356 g/mol. The molecule has 1 aromatic carbocycles. The van der Waals surface area contributed by atoms with Gasteiger partial charge in [-0.2, -0.15) is 0 Å². The number of carbonyl (C=O) groups excluding carboxylic acids is 1. The van der Waals surface area contributed by atoms with E-state index in [1.54, 1.807) is 0 Å². The summed E-state index contributed by atoms with van der Waals surface area (Å²) in [6.07, 6.45) is 1.91. The van der Waals surface area contributed by atoms with Gasteiger partial charge in [-0.3, -0.25) is 9.20 Å². The van der Waals surface area contributed by atoms with Crippen molar-refractivity contribution in [3.05, 3.63) is 59.4 Å². The van der Waals surface area contributed by atoms with E-state index in [0.717, 1.165) is 11.1 Å². The number of pyridine rings is 1. The second-order valence-corrected chi connectivity index (χ2v) is 7.75. The number of hydrogen-bond donors (Lipinski definition) is 1. The molecular weight excluding hydrogens is 334 g/mol. The van der Waals surface area contributed by atoms with E-state index in [2.05, 4.69) is 31.1 Å². The zero-order valence-corrected chi connectivity index (χ0v) is 15.6. The molecule has 0 bridgehead atoms. The number of nitrogens with zero attached hydrogens (tertiary/aromatic N) is 2. The summed E-state index contributed by atoms with van der Waals surface area (Å²) in [6, 6.07) is 13.2. The molecule has 25 heavy (non-hydrogen) atoms. The lowest BCUT2D eigenvalue weighted by atomic mass is 9.88. The molecule has 0 aliphatic heterocycles. The Morgan fingerprint density at radius 2 is 1.96 bits per heavy atom. The molecule has 0 aliphatic carbocycles. The summed E-state index contributed by atoms with van der Waals surface area (Å²) >= 11 is 6.12. The zero-order valence-electron chi connectivity index (χ0n) is 14.9. The normalized spacial score (nSPS) is 13.0. The highest BCUT2D eigenvalue weighted by molar-refractivity contribution is 6.30. The second-order valence-electron chi connectivity index (χ2n) is 7.31. The van der Waals surface area contributed by atoms with Crippen molar-refractivity contribution in [3.8, 4) is 11.4 Å². The fourth-order valence-electron chi connectivity index (χ4n) is 2.52. The van der Waals surface area contributed by atoms with E-state index in [-0.39, 0.29) is 17.4 Å². The van der Waals surface area contributed by atoms with E-state index in [9.17, 15) is 4.79 Å². The van der Waals surface area contributed by atoms with Crippen molar-refractivity contribution in [2.24, 2.45) is 5.41 Å². The number of rotatable bonds is 3. The van der Waals surface area contributed by atoms with Crippen molar-refractivity contribution in [2.45, 2.75) is 33.7 Å². The Labute approximate surface area is 152 Å². The fourth-order valence-corrected chi connectivity index (χ4v) is 2.71. The first-order chi connectivity index (χ1) is 11.8. The third-order valence-corrected chi connectivity index (χ3v) is 4.73. The van der Waals surface area contributed by atoms with Crippen LogP contribution in [0.1, 0.15) is 38.2 Å². The largest absolute Gasteiger partial charge is 0.348 e. The summed E-state index contributed by atoms with van der Waals surface area (Å²) in [5.41, 5.74) is 2.04. The molecule has 1 N–H and O–H groups in total. The van der Waals surface area contributed by atoms with Gasteiger partial charge in [0.2, 0.25) is 0 Å². The molecule has 1 unspecified atom stereocenters. The van der Waals surface area contributed by atoms with Gasteiger partial charge in [0.15, 0.2) is 5.69 Å². The Kier molecular flexibility index (Phi) is 4.56. The number of aromatic nitrogens is 2. The van der Waals surface area contributed by atoms with Gasteiger partial charge < -0.3 is 5.32 Å². The Morgan fingerprint density at radius 1 is 1.20 bits per heavy atom. The standard InChI is InChI=1S/C20H22ClN3O/c1-13(20(2,3)4)22-19(25)17-16-10-5-6-11-24(16)18(23-17)14-8-7-9-15(21)12-14/h5-13H,1-4H3,(H,22,25). The highest BCUT2D eigenvalue weighted by Gasteiger charge is 2.25. The van der Waals surface area contributed by atoms with E-state index >= 15 is 0 Å². The predicted molar refractivity (Wildman–Crippen MR) is 102 cm³/mol. The van der Waals surface area contributed by atoms with Crippen LogP contribution in [0.5, 0.6) is 0 Å². The van der Waals surface area contributed by atoms with Gasteiger partial charge in [-0.25, -0.2) is 4.98 Å². The van der Waals surface area contributed by atoms with Gasteiger partial charge in [-0.1, -0.05) is 50.6 Å². The lowest BCUT2D eigenvalue weighted by molar-refractivity contribution is 0.0907. The zero-order chi connectivity index (χ0) is 18.2. The first kappa shape index (κ1) is 17.5. The second kappa shape index (κ2) is 6.52. The van der Waals surface area contributed by atoms with Crippen molar-refractivity contribution in [1.29, 1.82) is 0 Å². The smallest absolute Gasteiger partial charge is 0.272 e. The van der Waals surface area contributed by atoms with Crippen LogP contribution in [0.4, 0.5) is 0 Å².